The molecule has 3 aromatic carbocycles. The highest BCUT2D eigenvalue weighted by molar-refractivity contribution is 6.15. The average molecular weight is 503 g/mol. The molecule has 0 radical (unpaired) electrons. The van der Waals surface area contributed by atoms with Crippen LogP contribution in [0.5, 0.6) is 5.75 Å². The lowest BCUT2D eigenvalue weighted by Gasteiger charge is -2.36. The fraction of sp³-hybridized carbons (Fsp3) is 0.185. The zero-order valence-corrected chi connectivity index (χ0v) is 20.2. The van der Waals surface area contributed by atoms with Crippen molar-refractivity contribution in [1.82, 2.24) is 5.32 Å². The number of carboxylic acid groups (broad SMARTS) is 1. The molecule has 1 aliphatic heterocycles. The van der Waals surface area contributed by atoms with Gasteiger partial charge in [0.15, 0.2) is 0 Å². The van der Waals surface area contributed by atoms with E-state index in [2.05, 4.69) is 16.0 Å². The standard InChI is InChI=1S/C27H26N4O6/c1-16(26(34)35)28-24(32)18-8-13-22-21(15-18)30-25(33)23(14-17-6-4-3-5-7-17)31(22)27(36)29-19-9-11-20(37-2)12-10-19/h3-13,15-16,23H,14H2,1-2H3,(H,28,32)(H,29,36)(H,30,33)(H,34,35). The van der Waals surface area contributed by atoms with Gasteiger partial charge in [-0.05, 0) is 55.0 Å². The summed E-state index contributed by atoms with van der Waals surface area (Å²) in [6, 6.07) is 18.1. The number of aliphatic carboxylic acids is 1. The summed E-state index contributed by atoms with van der Waals surface area (Å²) in [5.41, 5.74) is 2.18. The number of anilines is 3. The van der Waals surface area contributed by atoms with Crippen LogP contribution in [0.15, 0.2) is 72.8 Å². The van der Waals surface area contributed by atoms with E-state index in [1.54, 1.807) is 37.4 Å². The number of nitrogens with zero attached hydrogens (tertiary/aromatic N) is 1. The summed E-state index contributed by atoms with van der Waals surface area (Å²) in [5.74, 6) is -1.58. The van der Waals surface area contributed by atoms with Gasteiger partial charge in [-0.2, -0.15) is 0 Å². The van der Waals surface area contributed by atoms with Gasteiger partial charge in [-0.1, -0.05) is 30.3 Å². The van der Waals surface area contributed by atoms with Gasteiger partial charge in [0, 0.05) is 17.7 Å². The van der Waals surface area contributed by atoms with Crippen LogP contribution in [-0.2, 0) is 16.0 Å². The monoisotopic (exact) mass is 502 g/mol. The first kappa shape index (κ1) is 25.2. The lowest BCUT2D eigenvalue weighted by atomic mass is 9.99. The summed E-state index contributed by atoms with van der Waals surface area (Å²) in [7, 11) is 1.54. The van der Waals surface area contributed by atoms with Crippen molar-refractivity contribution in [3.8, 4) is 5.75 Å². The van der Waals surface area contributed by atoms with Crippen LogP contribution in [0.3, 0.4) is 0 Å². The van der Waals surface area contributed by atoms with Crippen LogP contribution < -0.4 is 25.6 Å². The highest BCUT2D eigenvalue weighted by Crippen LogP contribution is 2.35. The van der Waals surface area contributed by atoms with Crippen molar-refractivity contribution in [1.29, 1.82) is 0 Å². The number of benzene rings is 3. The lowest BCUT2D eigenvalue weighted by molar-refractivity contribution is -0.138. The lowest BCUT2D eigenvalue weighted by Crippen LogP contribution is -2.53. The maximum atomic E-state index is 13.5. The quantitative estimate of drug-likeness (QED) is 0.390. The smallest absolute Gasteiger partial charge is 0.327 e. The van der Waals surface area contributed by atoms with E-state index in [9.17, 15) is 19.2 Å². The number of nitrogens with one attached hydrogen (secondary N) is 3. The van der Waals surface area contributed by atoms with Gasteiger partial charge < -0.3 is 25.8 Å². The highest BCUT2D eigenvalue weighted by atomic mass is 16.5. The van der Waals surface area contributed by atoms with Gasteiger partial charge in [0.1, 0.15) is 17.8 Å². The molecule has 37 heavy (non-hydrogen) atoms. The minimum Gasteiger partial charge on any atom is -0.497 e. The van der Waals surface area contributed by atoms with Crippen LogP contribution in [-0.4, -0.2) is 48.1 Å². The van der Waals surface area contributed by atoms with Crippen LogP contribution in [0.1, 0.15) is 22.8 Å². The number of methoxy groups -OCH3 is 1. The SMILES string of the molecule is COc1ccc(NC(=O)N2c3ccc(C(=O)NC(C)C(=O)O)cc3NC(=O)C2Cc2ccccc2)cc1. The van der Waals surface area contributed by atoms with E-state index in [0.29, 0.717) is 17.1 Å². The number of carbonyl (C=O) groups excluding carboxylic acids is 3. The number of amides is 4. The molecular formula is C27H26N4O6. The second-order valence-electron chi connectivity index (χ2n) is 8.49. The third-order valence-electron chi connectivity index (χ3n) is 5.94. The van der Waals surface area contributed by atoms with Crippen LogP contribution >= 0.6 is 0 Å². The number of hydrogen-bond donors (Lipinski definition) is 4. The minimum absolute atomic E-state index is 0.143. The molecule has 0 fully saturated rings. The van der Waals surface area contributed by atoms with Gasteiger partial charge in [-0.15, -0.1) is 0 Å². The number of carboxylic acids is 1. The van der Waals surface area contributed by atoms with Gasteiger partial charge >= 0.3 is 12.0 Å². The summed E-state index contributed by atoms with van der Waals surface area (Å²) >= 11 is 0. The van der Waals surface area contributed by atoms with Crippen molar-refractivity contribution in [2.24, 2.45) is 0 Å². The van der Waals surface area contributed by atoms with E-state index in [4.69, 9.17) is 9.84 Å². The van der Waals surface area contributed by atoms with Crippen molar-refractivity contribution in [3.63, 3.8) is 0 Å². The molecule has 0 aromatic heterocycles. The van der Waals surface area contributed by atoms with E-state index in [1.165, 1.54) is 24.0 Å². The molecule has 0 bridgehead atoms. The van der Waals surface area contributed by atoms with E-state index in [-0.39, 0.29) is 17.7 Å². The van der Waals surface area contributed by atoms with Crippen molar-refractivity contribution < 1.29 is 29.0 Å². The van der Waals surface area contributed by atoms with E-state index in [0.717, 1.165) is 5.56 Å². The Morgan fingerprint density at radius 3 is 2.41 bits per heavy atom. The number of hydrogen-bond acceptors (Lipinski definition) is 5. The van der Waals surface area contributed by atoms with Crippen LogP contribution in [0.2, 0.25) is 0 Å². The minimum atomic E-state index is -1.18. The molecule has 10 heteroatoms. The first-order valence-electron chi connectivity index (χ1n) is 11.5. The summed E-state index contributed by atoms with van der Waals surface area (Å²) in [4.78, 5) is 51.8. The van der Waals surface area contributed by atoms with Crippen LogP contribution in [0, 0.1) is 0 Å². The maximum absolute atomic E-state index is 13.5. The second kappa shape index (κ2) is 10.8. The molecule has 2 unspecified atom stereocenters. The molecule has 0 saturated carbocycles. The number of carbonyl (C=O) groups is 4. The molecule has 190 valence electrons. The van der Waals surface area contributed by atoms with Crippen molar-refractivity contribution in [2.75, 3.05) is 22.6 Å². The molecular weight excluding hydrogens is 476 g/mol. The van der Waals surface area contributed by atoms with Gasteiger partial charge in [-0.25, -0.2) is 4.79 Å². The largest absolute Gasteiger partial charge is 0.497 e. The van der Waals surface area contributed by atoms with E-state index >= 15 is 0 Å². The molecule has 0 aliphatic carbocycles. The molecule has 0 saturated heterocycles. The molecule has 4 amide bonds. The summed E-state index contributed by atoms with van der Waals surface area (Å²) < 4.78 is 5.16. The van der Waals surface area contributed by atoms with Crippen molar-refractivity contribution in [3.05, 3.63) is 83.9 Å². The Morgan fingerprint density at radius 1 is 1.05 bits per heavy atom. The summed E-state index contributed by atoms with van der Waals surface area (Å²) in [5, 5.41) is 17.1. The van der Waals surface area contributed by atoms with Crippen molar-refractivity contribution >= 4 is 40.9 Å². The number of fused-ring (bicyclic) bond motifs is 1. The predicted molar refractivity (Wildman–Crippen MR) is 138 cm³/mol. The normalized spacial score (nSPS) is 15.1. The molecule has 0 spiro atoms. The molecule has 1 heterocycles. The Kier molecular flexibility index (Phi) is 7.38. The first-order chi connectivity index (χ1) is 17.8. The second-order valence-corrected chi connectivity index (χ2v) is 8.49. The highest BCUT2D eigenvalue weighted by Gasteiger charge is 2.37. The Labute approximate surface area is 213 Å². The Morgan fingerprint density at radius 2 is 1.76 bits per heavy atom. The maximum Gasteiger partial charge on any atom is 0.327 e. The third kappa shape index (κ3) is 5.69. The van der Waals surface area contributed by atoms with Gasteiger partial charge in [0.2, 0.25) is 5.91 Å². The number of rotatable bonds is 7. The Hall–Kier alpha value is -4.86. The van der Waals surface area contributed by atoms with Crippen LogP contribution in [0.4, 0.5) is 21.9 Å². The van der Waals surface area contributed by atoms with E-state index in [1.807, 2.05) is 30.3 Å². The molecule has 10 nitrogen and oxygen atoms in total. The number of ether oxygens (including phenoxy) is 1. The predicted octanol–water partition coefficient (Wildman–Crippen LogP) is 3.50. The molecule has 1 aliphatic rings. The molecule has 4 N–H and O–H groups in total. The fourth-order valence-corrected chi connectivity index (χ4v) is 3.96. The number of urea groups is 1. The van der Waals surface area contributed by atoms with Crippen LogP contribution in [0.25, 0.3) is 0 Å². The Bertz CT molecular complexity index is 1330. The molecule has 3 aromatic rings. The molecule has 4 rings (SSSR count). The zero-order chi connectivity index (χ0) is 26.5. The topological polar surface area (TPSA) is 137 Å². The fourth-order valence-electron chi connectivity index (χ4n) is 3.96. The third-order valence-corrected chi connectivity index (χ3v) is 5.94. The summed E-state index contributed by atoms with van der Waals surface area (Å²) in [6.45, 7) is 1.35. The molecule has 2 atom stereocenters. The summed E-state index contributed by atoms with van der Waals surface area (Å²) in [6.07, 6.45) is 0.264. The van der Waals surface area contributed by atoms with Crippen molar-refractivity contribution in [2.45, 2.75) is 25.4 Å². The van der Waals surface area contributed by atoms with E-state index < -0.39 is 35.9 Å². The van der Waals surface area contributed by atoms with Gasteiger partial charge in [0.25, 0.3) is 5.91 Å². The average Bonchev–Trinajstić information content (AvgIpc) is 2.89. The zero-order valence-electron chi connectivity index (χ0n) is 20.2. The van der Waals surface area contributed by atoms with Gasteiger partial charge in [0.05, 0.1) is 18.5 Å². The first-order valence-corrected chi connectivity index (χ1v) is 11.5. The Balaban J connectivity index is 1.67. The van der Waals surface area contributed by atoms with Gasteiger partial charge in [-0.3, -0.25) is 19.3 Å².